The maximum atomic E-state index is 13.3. The summed E-state index contributed by atoms with van der Waals surface area (Å²) in [4.78, 5) is 18.8. The van der Waals surface area contributed by atoms with Gasteiger partial charge in [-0.15, -0.1) is 0 Å². The van der Waals surface area contributed by atoms with E-state index in [1.807, 2.05) is 59.5 Å². The first-order valence-corrected chi connectivity index (χ1v) is 11.4. The quantitative estimate of drug-likeness (QED) is 0.577. The second kappa shape index (κ2) is 10.8. The fourth-order valence-corrected chi connectivity index (χ4v) is 4.30. The van der Waals surface area contributed by atoms with Crippen LogP contribution >= 0.6 is 0 Å². The number of carbonyl (C=O) groups excluding carboxylic acids is 1. The zero-order chi connectivity index (χ0) is 22.2. The maximum absolute atomic E-state index is 13.3. The van der Waals surface area contributed by atoms with E-state index in [0.29, 0.717) is 18.8 Å². The molecule has 1 fully saturated rings. The summed E-state index contributed by atoms with van der Waals surface area (Å²) < 4.78 is 0. The van der Waals surface area contributed by atoms with Crippen molar-refractivity contribution in [2.45, 2.75) is 13.0 Å². The lowest BCUT2D eigenvalue weighted by Crippen LogP contribution is -3.15. The Balaban J connectivity index is 1.35. The molecule has 4 rings (SSSR count). The molecule has 1 amide bonds. The highest BCUT2D eigenvalue weighted by molar-refractivity contribution is 5.77. The summed E-state index contributed by atoms with van der Waals surface area (Å²) in [5.41, 5.74) is 3.29. The van der Waals surface area contributed by atoms with Gasteiger partial charge in [0.05, 0.1) is 31.9 Å². The molecule has 166 valence electrons. The first-order chi connectivity index (χ1) is 15.7. The summed E-state index contributed by atoms with van der Waals surface area (Å²) in [6.07, 6.45) is 0.857. The topological polar surface area (TPSA) is 48.2 Å². The SMILES string of the molecule is O=C(C[NH+]1CCN(c2ccccc2O)CC1)N(CCc1ccccc1)Cc1ccccc1. The van der Waals surface area contributed by atoms with Gasteiger partial charge >= 0.3 is 0 Å². The molecule has 3 aromatic rings. The lowest BCUT2D eigenvalue weighted by molar-refractivity contribution is -0.892. The number of phenolic OH excluding ortho intramolecular Hbond substituents is 1. The summed E-state index contributed by atoms with van der Waals surface area (Å²) in [5, 5.41) is 10.1. The van der Waals surface area contributed by atoms with Gasteiger partial charge in [-0.05, 0) is 29.7 Å². The van der Waals surface area contributed by atoms with Gasteiger partial charge in [-0.1, -0.05) is 72.8 Å². The lowest BCUT2D eigenvalue weighted by Gasteiger charge is -2.34. The minimum Gasteiger partial charge on any atom is -0.506 e. The number of benzene rings is 3. The molecule has 0 unspecified atom stereocenters. The van der Waals surface area contributed by atoms with Crippen molar-refractivity contribution < 1.29 is 14.8 Å². The third-order valence-corrected chi connectivity index (χ3v) is 6.18. The van der Waals surface area contributed by atoms with Crippen molar-refractivity contribution in [3.63, 3.8) is 0 Å². The van der Waals surface area contributed by atoms with Crippen LogP contribution in [0.4, 0.5) is 5.69 Å². The van der Waals surface area contributed by atoms with E-state index in [-0.39, 0.29) is 5.91 Å². The van der Waals surface area contributed by atoms with Crippen LogP contribution in [-0.4, -0.2) is 55.2 Å². The van der Waals surface area contributed by atoms with Crippen LogP contribution < -0.4 is 9.80 Å². The Hall–Kier alpha value is -3.31. The molecule has 0 radical (unpaired) electrons. The highest BCUT2D eigenvalue weighted by Gasteiger charge is 2.26. The molecular weight excluding hydrogens is 398 g/mol. The molecular formula is C27H32N3O2+. The van der Waals surface area contributed by atoms with Crippen LogP contribution in [0.2, 0.25) is 0 Å². The number of aromatic hydroxyl groups is 1. The number of para-hydroxylation sites is 2. The summed E-state index contributed by atoms with van der Waals surface area (Å²) in [6.45, 7) is 5.32. The number of phenols is 1. The minimum absolute atomic E-state index is 0.204. The van der Waals surface area contributed by atoms with Gasteiger partial charge in [0.25, 0.3) is 5.91 Å². The first-order valence-electron chi connectivity index (χ1n) is 11.4. The van der Waals surface area contributed by atoms with Crippen molar-refractivity contribution in [3.05, 3.63) is 96.1 Å². The Labute approximate surface area is 190 Å². The molecule has 1 heterocycles. The predicted molar refractivity (Wildman–Crippen MR) is 128 cm³/mol. The summed E-state index contributed by atoms with van der Waals surface area (Å²) >= 11 is 0. The van der Waals surface area contributed by atoms with E-state index in [1.54, 1.807) is 6.07 Å². The fourth-order valence-electron chi connectivity index (χ4n) is 4.30. The van der Waals surface area contributed by atoms with Gasteiger partial charge in [0.1, 0.15) is 5.75 Å². The van der Waals surface area contributed by atoms with E-state index in [9.17, 15) is 9.90 Å². The number of hydrogen-bond acceptors (Lipinski definition) is 3. The first kappa shape index (κ1) is 21.9. The van der Waals surface area contributed by atoms with E-state index < -0.39 is 0 Å². The van der Waals surface area contributed by atoms with Crippen LogP contribution in [-0.2, 0) is 17.8 Å². The Bertz CT molecular complexity index is 986. The van der Waals surface area contributed by atoms with Crippen LogP contribution in [0.3, 0.4) is 0 Å². The Kier molecular flexibility index (Phi) is 7.41. The highest BCUT2D eigenvalue weighted by atomic mass is 16.3. The summed E-state index contributed by atoms with van der Waals surface area (Å²) in [6, 6.07) is 28.1. The van der Waals surface area contributed by atoms with Crippen LogP contribution in [0.25, 0.3) is 0 Å². The zero-order valence-electron chi connectivity index (χ0n) is 18.5. The largest absolute Gasteiger partial charge is 0.506 e. The number of carbonyl (C=O) groups is 1. The van der Waals surface area contributed by atoms with Gasteiger partial charge in [0.15, 0.2) is 6.54 Å². The van der Waals surface area contributed by atoms with E-state index in [2.05, 4.69) is 29.2 Å². The number of hydrogen-bond donors (Lipinski definition) is 2. The Morgan fingerprint density at radius 2 is 1.44 bits per heavy atom. The van der Waals surface area contributed by atoms with Crippen molar-refractivity contribution >= 4 is 11.6 Å². The molecule has 1 saturated heterocycles. The van der Waals surface area contributed by atoms with Crippen LogP contribution in [0.15, 0.2) is 84.9 Å². The number of piperazine rings is 1. The number of quaternary nitrogens is 1. The molecule has 3 aromatic carbocycles. The van der Waals surface area contributed by atoms with Crippen molar-refractivity contribution in [1.82, 2.24) is 4.90 Å². The number of rotatable bonds is 8. The second-order valence-corrected chi connectivity index (χ2v) is 8.44. The number of nitrogens with one attached hydrogen (secondary N) is 1. The Morgan fingerprint density at radius 1 is 0.844 bits per heavy atom. The highest BCUT2D eigenvalue weighted by Crippen LogP contribution is 2.25. The molecule has 1 aliphatic heterocycles. The van der Waals surface area contributed by atoms with Crippen LogP contribution in [0.5, 0.6) is 5.75 Å². The molecule has 0 atom stereocenters. The third kappa shape index (κ3) is 5.89. The van der Waals surface area contributed by atoms with Crippen molar-refractivity contribution in [3.8, 4) is 5.75 Å². The van der Waals surface area contributed by atoms with Gasteiger partial charge in [-0.2, -0.15) is 0 Å². The molecule has 0 bridgehead atoms. The standard InChI is InChI=1S/C27H31N3O2/c31-26-14-8-7-13-25(26)29-19-17-28(18-20-29)22-27(32)30(21-24-11-5-2-6-12-24)16-15-23-9-3-1-4-10-23/h1-14,31H,15-22H2/p+1. The molecule has 5 nitrogen and oxygen atoms in total. The van der Waals surface area contributed by atoms with Gasteiger partial charge < -0.3 is 19.8 Å². The predicted octanol–water partition coefficient (Wildman–Crippen LogP) is 2.37. The van der Waals surface area contributed by atoms with Crippen molar-refractivity contribution in [2.75, 3.05) is 44.2 Å². The monoisotopic (exact) mass is 430 g/mol. The van der Waals surface area contributed by atoms with E-state index >= 15 is 0 Å². The lowest BCUT2D eigenvalue weighted by atomic mass is 10.1. The normalized spacial score (nSPS) is 14.3. The van der Waals surface area contributed by atoms with Gasteiger partial charge in [0.2, 0.25) is 0 Å². The molecule has 32 heavy (non-hydrogen) atoms. The smallest absolute Gasteiger partial charge is 0.278 e. The molecule has 0 aromatic heterocycles. The van der Waals surface area contributed by atoms with Crippen molar-refractivity contribution in [2.24, 2.45) is 0 Å². The molecule has 1 aliphatic rings. The molecule has 5 heteroatoms. The molecule has 0 spiro atoms. The number of nitrogens with zero attached hydrogens (tertiary/aromatic N) is 2. The van der Waals surface area contributed by atoms with E-state index in [4.69, 9.17) is 0 Å². The van der Waals surface area contributed by atoms with Crippen LogP contribution in [0.1, 0.15) is 11.1 Å². The number of anilines is 1. The van der Waals surface area contributed by atoms with E-state index in [1.165, 1.54) is 10.5 Å². The maximum Gasteiger partial charge on any atom is 0.278 e. The van der Waals surface area contributed by atoms with Crippen molar-refractivity contribution in [1.29, 1.82) is 0 Å². The fraction of sp³-hybridized carbons (Fsp3) is 0.296. The minimum atomic E-state index is 0.204. The zero-order valence-corrected chi connectivity index (χ0v) is 18.5. The molecule has 0 aliphatic carbocycles. The average molecular weight is 431 g/mol. The molecule has 0 saturated carbocycles. The summed E-state index contributed by atoms with van der Waals surface area (Å²) in [5.74, 6) is 0.526. The van der Waals surface area contributed by atoms with E-state index in [0.717, 1.165) is 50.4 Å². The Morgan fingerprint density at radius 3 is 2.09 bits per heavy atom. The van der Waals surface area contributed by atoms with Crippen LogP contribution in [0, 0.1) is 0 Å². The van der Waals surface area contributed by atoms with Gasteiger partial charge in [-0.25, -0.2) is 0 Å². The third-order valence-electron chi connectivity index (χ3n) is 6.18. The average Bonchev–Trinajstić information content (AvgIpc) is 2.84. The molecule has 2 N–H and O–H groups in total. The summed E-state index contributed by atoms with van der Waals surface area (Å²) in [7, 11) is 0. The number of amides is 1. The van der Waals surface area contributed by atoms with Gasteiger partial charge in [0, 0.05) is 13.1 Å². The van der Waals surface area contributed by atoms with Gasteiger partial charge in [-0.3, -0.25) is 4.79 Å². The second-order valence-electron chi connectivity index (χ2n) is 8.44.